The molecule has 69 heavy (non-hydrogen) atoms. The van der Waals surface area contributed by atoms with Crippen molar-refractivity contribution in [3.05, 3.63) is 157 Å². The summed E-state index contributed by atoms with van der Waals surface area (Å²) in [6.45, 7) is 19.6. The van der Waals surface area contributed by atoms with Gasteiger partial charge in [-0.05, 0) is 135 Å². The van der Waals surface area contributed by atoms with E-state index in [9.17, 15) is 5.11 Å². The Morgan fingerprint density at radius 2 is 1.06 bits per heavy atom. The number of rotatable bonds is 9. The molecule has 4 aliphatic rings. The van der Waals surface area contributed by atoms with Gasteiger partial charge >= 0.3 is 0 Å². The standard InChI is InChI=1S/C21H25NO3S.C12H17NO.C8H8O2S.2C6H6O.2C2H6/c1-15-8-9-22(13-15)10-11-24-18-5-2-16(3-6-18)20-14-26-21-12-17(23)4-7-19(21)25-20;1-2-6-12(7-3-1)14-11-10-13-8-4-5-9-13;9-6-1-2-7-8(5-6)11-4-3-10-7;2*7-6-4-2-1-3-5-6;2*1-2/h2-7,12,15,20,23H,8-11,13-14H2,1H3;1-3,6-7H,4-5,8-11H2;1-2,5,9H,3-4H2;2*1-5,7H;2*1-2H3/t15-,20-;;;;;;/m1....../s1. The predicted octanol–water partition coefficient (Wildman–Crippen LogP) is 13.2. The van der Waals surface area contributed by atoms with Gasteiger partial charge in [0.2, 0.25) is 0 Å². The number of para-hydroxylation sites is 3. The van der Waals surface area contributed by atoms with Crippen molar-refractivity contribution < 1.29 is 39.4 Å². The Morgan fingerprint density at radius 1 is 0.551 bits per heavy atom. The first-order valence-electron chi connectivity index (χ1n) is 24.3. The van der Waals surface area contributed by atoms with E-state index in [4.69, 9.17) is 34.3 Å². The molecule has 4 N–H and O–H groups in total. The number of benzene rings is 6. The van der Waals surface area contributed by atoms with Crippen molar-refractivity contribution in [3.8, 4) is 46.0 Å². The van der Waals surface area contributed by atoms with Crippen LogP contribution in [0.15, 0.2) is 161 Å². The van der Waals surface area contributed by atoms with Crippen LogP contribution in [0.25, 0.3) is 0 Å². The van der Waals surface area contributed by atoms with Gasteiger partial charge in [-0.25, -0.2) is 0 Å². The largest absolute Gasteiger partial charge is 0.508 e. The Morgan fingerprint density at radius 3 is 1.58 bits per heavy atom. The zero-order chi connectivity index (χ0) is 49.5. The number of nitrogens with zero attached hydrogens (tertiary/aromatic N) is 2. The van der Waals surface area contributed by atoms with Gasteiger partial charge in [0.25, 0.3) is 0 Å². The minimum absolute atomic E-state index is 0.0252. The molecule has 0 spiro atoms. The SMILES string of the molecule is CC.CC.C[C@@H]1CCN(CCOc2ccc([C@H]3CSc4cc(O)ccc4O3)cc2)C1.Oc1ccc2c(c1)SCCO2.Oc1ccccc1.Oc1ccccc1.c1ccc(OCCN2CCCC2)cc1. The van der Waals surface area contributed by atoms with E-state index in [1.165, 1.54) is 45.4 Å². The van der Waals surface area contributed by atoms with Crippen LogP contribution in [-0.2, 0) is 0 Å². The van der Waals surface area contributed by atoms with Crippen molar-refractivity contribution in [2.24, 2.45) is 5.92 Å². The third-order valence-electron chi connectivity index (χ3n) is 10.7. The highest BCUT2D eigenvalue weighted by molar-refractivity contribution is 7.99. The zero-order valence-corrected chi connectivity index (χ0v) is 42.8. The normalized spacial score (nSPS) is 16.4. The molecule has 0 saturated carbocycles. The van der Waals surface area contributed by atoms with Gasteiger partial charge in [0, 0.05) is 31.1 Å². The molecular formula is C57H74N2O8S2. The lowest BCUT2D eigenvalue weighted by Gasteiger charge is -2.26. The first-order valence-corrected chi connectivity index (χ1v) is 26.3. The van der Waals surface area contributed by atoms with E-state index in [1.807, 2.05) is 88.4 Å². The van der Waals surface area contributed by atoms with Crippen molar-refractivity contribution >= 4 is 23.5 Å². The molecule has 0 aliphatic carbocycles. The van der Waals surface area contributed by atoms with Crippen LogP contribution in [0, 0.1) is 5.92 Å². The van der Waals surface area contributed by atoms with Crippen LogP contribution in [0.2, 0.25) is 0 Å². The first-order chi connectivity index (χ1) is 33.8. The molecule has 6 aromatic rings. The average Bonchev–Trinajstić information content (AvgIpc) is 4.08. The maximum Gasteiger partial charge on any atom is 0.134 e. The fourth-order valence-corrected chi connectivity index (χ4v) is 9.14. The van der Waals surface area contributed by atoms with E-state index < -0.39 is 0 Å². The molecule has 0 radical (unpaired) electrons. The molecule has 12 heteroatoms. The lowest BCUT2D eigenvalue weighted by atomic mass is 10.1. The third-order valence-corrected chi connectivity index (χ3v) is 12.8. The van der Waals surface area contributed by atoms with Gasteiger partial charge in [-0.15, -0.1) is 23.5 Å². The smallest absolute Gasteiger partial charge is 0.134 e. The summed E-state index contributed by atoms with van der Waals surface area (Å²) in [5.74, 6) is 7.47. The second-order valence-electron chi connectivity index (χ2n) is 15.9. The molecular weight excluding hydrogens is 905 g/mol. The van der Waals surface area contributed by atoms with E-state index in [2.05, 4.69) is 28.9 Å². The van der Waals surface area contributed by atoms with E-state index in [1.54, 1.807) is 102 Å². The molecule has 10 nitrogen and oxygen atoms in total. The van der Waals surface area contributed by atoms with Crippen molar-refractivity contribution in [2.75, 3.05) is 70.6 Å². The molecule has 4 aliphatic heterocycles. The first kappa shape index (κ1) is 55.9. The van der Waals surface area contributed by atoms with Gasteiger partial charge in [0.05, 0.1) is 16.4 Å². The summed E-state index contributed by atoms with van der Waals surface area (Å²) in [5.41, 5.74) is 1.15. The zero-order valence-electron chi connectivity index (χ0n) is 41.1. The highest BCUT2D eigenvalue weighted by Gasteiger charge is 2.23. The topological polar surface area (TPSA) is 124 Å². The predicted molar refractivity (Wildman–Crippen MR) is 285 cm³/mol. The minimum Gasteiger partial charge on any atom is -0.508 e. The summed E-state index contributed by atoms with van der Waals surface area (Å²) in [5, 5.41) is 36.0. The molecule has 6 aromatic carbocycles. The van der Waals surface area contributed by atoms with E-state index in [0.29, 0.717) is 17.2 Å². The molecule has 4 heterocycles. The van der Waals surface area contributed by atoms with Gasteiger partial charge in [-0.3, -0.25) is 9.80 Å². The van der Waals surface area contributed by atoms with Gasteiger partial charge < -0.3 is 39.4 Å². The molecule has 2 atom stereocenters. The lowest BCUT2D eigenvalue weighted by Crippen LogP contribution is -2.25. The number of fused-ring (bicyclic) bond motifs is 2. The molecule has 372 valence electrons. The van der Waals surface area contributed by atoms with Crippen molar-refractivity contribution in [1.29, 1.82) is 0 Å². The van der Waals surface area contributed by atoms with Crippen LogP contribution in [0.5, 0.6) is 46.0 Å². The number of ether oxygens (including phenoxy) is 4. The second-order valence-corrected chi connectivity index (χ2v) is 18.1. The number of phenolic OH excluding ortho intramolecular Hbond substituents is 4. The Bertz CT molecular complexity index is 2200. The highest BCUT2D eigenvalue weighted by Crippen LogP contribution is 2.42. The van der Waals surface area contributed by atoms with Crippen LogP contribution in [0.4, 0.5) is 0 Å². The van der Waals surface area contributed by atoms with Crippen molar-refractivity contribution in [3.63, 3.8) is 0 Å². The second kappa shape index (κ2) is 33.0. The van der Waals surface area contributed by atoms with Crippen molar-refractivity contribution in [2.45, 2.75) is 69.8 Å². The maximum atomic E-state index is 9.57. The van der Waals surface area contributed by atoms with Gasteiger partial charge in [-0.2, -0.15) is 0 Å². The van der Waals surface area contributed by atoms with Gasteiger partial charge in [0.15, 0.2) is 0 Å². The number of phenols is 4. The van der Waals surface area contributed by atoms with Crippen LogP contribution in [0.1, 0.15) is 65.5 Å². The lowest BCUT2D eigenvalue weighted by molar-refractivity contribution is 0.219. The molecule has 2 saturated heterocycles. The molecule has 0 amide bonds. The molecule has 0 unspecified atom stereocenters. The van der Waals surface area contributed by atoms with E-state index in [-0.39, 0.29) is 11.9 Å². The number of thioether (sulfide) groups is 2. The molecule has 2 fully saturated rings. The van der Waals surface area contributed by atoms with Crippen molar-refractivity contribution in [1.82, 2.24) is 9.80 Å². The van der Waals surface area contributed by atoms with Crippen LogP contribution in [0.3, 0.4) is 0 Å². The Balaban J connectivity index is 0.000000203. The monoisotopic (exact) mass is 978 g/mol. The Kier molecular flexibility index (Phi) is 26.7. The molecule has 0 aromatic heterocycles. The summed E-state index contributed by atoms with van der Waals surface area (Å²) in [7, 11) is 0. The summed E-state index contributed by atoms with van der Waals surface area (Å²) >= 11 is 3.43. The summed E-state index contributed by atoms with van der Waals surface area (Å²) < 4.78 is 23.0. The van der Waals surface area contributed by atoms with E-state index in [0.717, 1.165) is 88.7 Å². The number of likely N-dealkylation sites (tertiary alicyclic amines) is 2. The number of hydrogen-bond acceptors (Lipinski definition) is 12. The average molecular weight is 979 g/mol. The quantitative estimate of drug-likeness (QED) is 0.110. The minimum atomic E-state index is 0.0252. The molecule has 10 rings (SSSR count). The van der Waals surface area contributed by atoms with Gasteiger partial charge in [-0.1, -0.05) is 101 Å². The van der Waals surface area contributed by atoms with Gasteiger partial charge in [0.1, 0.15) is 65.3 Å². The summed E-state index contributed by atoms with van der Waals surface area (Å²) in [4.78, 5) is 6.97. The number of hydrogen-bond donors (Lipinski definition) is 4. The molecule has 0 bridgehead atoms. The van der Waals surface area contributed by atoms with Crippen LogP contribution < -0.4 is 18.9 Å². The fourth-order valence-electron chi connectivity index (χ4n) is 7.23. The third kappa shape index (κ3) is 21.7. The van der Waals surface area contributed by atoms with Crippen LogP contribution >= 0.6 is 23.5 Å². The highest BCUT2D eigenvalue weighted by atomic mass is 32.2. The Labute approximate surface area is 420 Å². The number of aromatic hydroxyl groups is 4. The van der Waals surface area contributed by atoms with Crippen LogP contribution in [-0.4, -0.2) is 101 Å². The summed E-state index contributed by atoms with van der Waals surface area (Å²) in [6.07, 6.45) is 4.03. The Hall–Kier alpha value is -5.66. The fraction of sp³-hybridized carbons (Fsp3) is 0.368. The van der Waals surface area contributed by atoms with E-state index >= 15 is 0 Å². The summed E-state index contributed by atoms with van der Waals surface area (Å²) in [6, 6.07) is 46.1. The maximum absolute atomic E-state index is 9.57.